The fourth-order valence-corrected chi connectivity index (χ4v) is 6.13. The quantitative estimate of drug-likeness (QED) is 0.617. The second-order valence-corrected chi connectivity index (χ2v) is 10.9. The Balaban J connectivity index is 1.40. The van der Waals surface area contributed by atoms with E-state index in [9.17, 15) is 10.2 Å². The zero-order valence-corrected chi connectivity index (χ0v) is 20.0. The number of hydrogen-bond donors (Lipinski definition) is 2. The average molecular weight is 425 g/mol. The van der Waals surface area contributed by atoms with Crippen LogP contribution in [0.15, 0.2) is 0 Å². The molecule has 0 radical (unpaired) electrons. The number of piperazine rings is 1. The summed E-state index contributed by atoms with van der Waals surface area (Å²) in [6, 6.07) is 0.816. The number of aliphatic hydroxyl groups excluding tert-OH is 2. The molecule has 0 aromatic rings. The van der Waals surface area contributed by atoms with Gasteiger partial charge in [-0.25, -0.2) is 0 Å². The highest BCUT2D eigenvalue weighted by Crippen LogP contribution is 2.20. The lowest BCUT2D eigenvalue weighted by atomic mass is 9.99. The molecule has 3 aliphatic heterocycles. The molecule has 6 nitrogen and oxygen atoms in total. The standard InChI is InChI=1S/C24H48N4O2/c1-19-7-5-9-25(11-19)15-23(29)17-27-13-21(3)28(22(4)14-27)18-24(30)16-26-10-6-8-20(2)12-26/h19-24,29-30H,5-18H2,1-4H3/t19?,20?,21-,22-,23?,24?/m1/s1. The Morgan fingerprint density at radius 1 is 0.633 bits per heavy atom. The highest BCUT2D eigenvalue weighted by molar-refractivity contribution is 4.88. The Bertz CT molecular complexity index is 496. The van der Waals surface area contributed by atoms with Crippen LogP contribution in [-0.4, -0.2) is 120 Å². The van der Waals surface area contributed by atoms with Gasteiger partial charge in [-0.15, -0.1) is 0 Å². The Kier molecular flexibility index (Phi) is 9.41. The zero-order valence-electron chi connectivity index (χ0n) is 20.0. The van der Waals surface area contributed by atoms with Crippen LogP contribution in [0.4, 0.5) is 0 Å². The van der Waals surface area contributed by atoms with E-state index in [0.29, 0.717) is 12.1 Å². The minimum absolute atomic E-state index is 0.270. The van der Waals surface area contributed by atoms with Gasteiger partial charge in [0.25, 0.3) is 0 Å². The Labute approximate surface area is 185 Å². The van der Waals surface area contributed by atoms with Crippen molar-refractivity contribution in [3.05, 3.63) is 0 Å². The van der Waals surface area contributed by atoms with Crippen LogP contribution in [0.25, 0.3) is 0 Å². The molecule has 30 heavy (non-hydrogen) atoms. The van der Waals surface area contributed by atoms with Crippen LogP contribution in [0.5, 0.6) is 0 Å². The summed E-state index contributed by atoms with van der Waals surface area (Å²) < 4.78 is 0. The van der Waals surface area contributed by atoms with Crippen LogP contribution in [0, 0.1) is 11.8 Å². The van der Waals surface area contributed by atoms with Gasteiger partial charge in [0.05, 0.1) is 12.2 Å². The van der Waals surface area contributed by atoms with Crippen molar-refractivity contribution >= 4 is 0 Å². The van der Waals surface area contributed by atoms with Crippen LogP contribution in [0.1, 0.15) is 53.4 Å². The van der Waals surface area contributed by atoms with Crippen LogP contribution < -0.4 is 0 Å². The predicted molar refractivity (Wildman–Crippen MR) is 124 cm³/mol. The number of rotatable bonds is 8. The van der Waals surface area contributed by atoms with E-state index in [2.05, 4.69) is 47.3 Å². The third kappa shape index (κ3) is 7.42. The lowest BCUT2D eigenvalue weighted by Gasteiger charge is -2.46. The first kappa shape index (κ1) is 24.4. The first-order valence-corrected chi connectivity index (χ1v) is 12.6. The summed E-state index contributed by atoms with van der Waals surface area (Å²) in [4.78, 5) is 9.80. The molecule has 0 bridgehead atoms. The number of likely N-dealkylation sites (tertiary alicyclic amines) is 2. The molecule has 4 unspecified atom stereocenters. The molecule has 0 saturated carbocycles. The molecular formula is C24H48N4O2. The maximum Gasteiger partial charge on any atom is 0.0794 e. The fraction of sp³-hybridized carbons (Fsp3) is 1.00. The van der Waals surface area contributed by atoms with Crippen molar-refractivity contribution in [3.63, 3.8) is 0 Å². The van der Waals surface area contributed by atoms with Gasteiger partial charge in [0.15, 0.2) is 0 Å². The van der Waals surface area contributed by atoms with E-state index in [4.69, 9.17) is 0 Å². The minimum Gasteiger partial charge on any atom is -0.390 e. The number of β-amino-alcohol motifs (C(OH)–C–C–N with tert-alkyl or cyclic N) is 2. The summed E-state index contributed by atoms with van der Waals surface area (Å²) >= 11 is 0. The molecule has 3 fully saturated rings. The predicted octanol–water partition coefficient (Wildman–Crippen LogP) is 1.57. The van der Waals surface area contributed by atoms with Crippen molar-refractivity contribution in [2.24, 2.45) is 11.8 Å². The van der Waals surface area contributed by atoms with Crippen molar-refractivity contribution in [1.82, 2.24) is 19.6 Å². The average Bonchev–Trinajstić information content (AvgIpc) is 2.64. The van der Waals surface area contributed by atoms with Crippen LogP contribution in [-0.2, 0) is 0 Å². The third-order valence-corrected chi connectivity index (χ3v) is 7.49. The van der Waals surface area contributed by atoms with Gasteiger partial charge in [0, 0.05) is 64.4 Å². The maximum absolute atomic E-state index is 10.7. The lowest BCUT2D eigenvalue weighted by molar-refractivity contribution is -0.0227. The van der Waals surface area contributed by atoms with E-state index in [1.54, 1.807) is 0 Å². The normalized spacial score (nSPS) is 35.4. The molecular weight excluding hydrogens is 376 g/mol. The SMILES string of the molecule is CC1CCCN(CC(O)CN2C[C@@H](C)N(CC(O)CN3CCCC(C)C3)[C@H](C)C2)C1. The topological polar surface area (TPSA) is 53.4 Å². The second kappa shape index (κ2) is 11.6. The summed E-state index contributed by atoms with van der Waals surface area (Å²) in [5.74, 6) is 1.51. The van der Waals surface area contributed by atoms with Crippen LogP contribution in [0.3, 0.4) is 0 Å². The molecule has 2 N–H and O–H groups in total. The highest BCUT2D eigenvalue weighted by atomic mass is 16.3. The van der Waals surface area contributed by atoms with Crippen molar-refractivity contribution in [2.75, 3.05) is 65.4 Å². The van der Waals surface area contributed by atoms with Gasteiger partial charge in [-0.05, 0) is 64.5 Å². The van der Waals surface area contributed by atoms with E-state index < -0.39 is 0 Å². The van der Waals surface area contributed by atoms with E-state index in [1.165, 1.54) is 25.7 Å². The number of nitrogens with zero attached hydrogens (tertiary/aromatic N) is 4. The molecule has 0 aromatic heterocycles. The zero-order chi connectivity index (χ0) is 21.7. The molecule has 3 saturated heterocycles. The van der Waals surface area contributed by atoms with E-state index in [0.717, 1.165) is 77.3 Å². The van der Waals surface area contributed by atoms with E-state index in [1.807, 2.05) is 0 Å². The molecule has 176 valence electrons. The molecule has 3 heterocycles. The minimum atomic E-state index is -0.279. The molecule has 3 rings (SSSR count). The first-order valence-electron chi connectivity index (χ1n) is 12.6. The number of hydrogen-bond acceptors (Lipinski definition) is 6. The monoisotopic (exact) mass is 424 g/mol. The van der Waals surface area contributed by atoms with Gasteiger partial charge in [0.1, 0.15) is 0 Å². The van der Waals surface area contributed by atoms with Crippen LogP contribution in [0.2, 0.25) is 0 Å². The summed E-state index contributed by atoms with van der Waals surface area (Å²) in [5, 5.41) is 21.4. The second-order valence-electron chi connectivity index (χ2n) is 10.9. The lowest BCUT2D eigenvalue weighted by Crippen LogP contribution is -2.60. The Morgan fingerprint density at radius 3 is 1.53 bits per heavy atom. The molecule has 6 heteroatoms. The van der Waals surface area contributed by atoms with E-state index >= 15 is 0 Å². The largest absolute Gasteiger partial charge is 0.390 e. The van der Waals surface area contributed by atoms with Gasteiger partial charge in [-0.2, -0.15) is 0 Å². The number of aliphatic hydroxyl groups is 2. The summed E-state index contributed by atoms with van der Waals surface area (Å²) in [5.41, 5.74) is 0. The molecule has 0 aromatic carbocycles. The highest BCUT2D eigenvalue weighted by Gasteiger charge is 2.32. The molecule has 6 atom stereocenters. The van der Waals surface area contributed by atoms with Gasteiger partial charge in [0.2, 0.25) is 0 Å². The van der Waals surface area contributed by atoms with Gasteiger partial charge >= 0.3 is 0 Å². The van der Waals surface area contributed by atoms with Crippen molar-refractivity contribution in [2.45, 2.75) is 77.7 Å². The van der Waals surface area contributed by atoms with Crippen molar-refractivity contribution in [1.29, 1.82) is 0 Å². The maximum atomic E-state index is 10.7. The van der Waals surface area contributed by atoms with Crippen molar-refractivity contribution < 1.29 is 10.2 Å². The van der Waals surface area contributed by atoms with Gasteiger partial charge in [-0.1, -0.05) is 13.8 Å². The molecule has 3 aliphatic rings. The van der Waals surface area contributed by atoms with Crippen molar-refractivity contribution in [3.8, 4) is 0 Å². The van der Waals surface area contributed by atoms with E-state index in [-0.39, 0.29) is 12.2 Å². The molecule has 0 spiro atoms. The molecule has 0 aliphatic carbocycles. The van der Waals surface area contributed by atoms with Gasteiger partial charge < -0.3 is 20.0 Å². The molecule has 0 amide bonds. The number of piperidine rings is 2. The van der Waals surface area contributed by atoms with Gasteiger partial charge in [-0.3, -0.25) is 9.80 Å². The smallest absolute Gasteiger partial charge is 0.0794 e. The van der Waals surface area contributed by atoms with Crippen LogP contribution >= 0.6 is 0 Å². The fourth-order valence-electron chi connectivity index (χ4n) is 6.13. The summed E-state index contributed by atoms with van der Waals surface area (Å²) in [7, 11) is 0. The third-order valence-electron chi connectivity index (χ3n) is 7.49. The first-order chi connectivity index (χ1) is 14.3. The summed E-state index contributed by atoms with van der Waals surface area (Å²) in [6.45, 7) is 18.8. The summed E-state index contributed by atoms with van der Waals surface area (Å²) in [6.07, 6.45) is 4.63. The Morgan fingerprint density at radius 2 is 1.07 bits per heavy atom. The Hall–Kier alpha value is -0.240.